The van der Waals surface area contributed by atoms with Crippen LogP contribution in [0.15, 0.2) is 85.0 Å². The van der Waals surface area contributed by atoms with Gasteiger partial charge in [-0.05, 0) is 195 Å². The number of hydrogen-bond acceptors (Lipinski definition) is 14. The van der Waals surface area contributed by atoms with Crippen LogP contribution in [0.5, 0.6) is 11.5 Å². The van der Waals surface area contributed by atoms with E-state index in [1.165, 1.54) is 57.8 Å². The molecule has 2 aliphatic heterocycles. The highest BCUT2D eigenvalue weighted by atomic mass is 33.1. The Hall–Kier alpha value is -3.92. The molecule has 14 heteroatoms. The van der Waals surface area contributed by atoms with E-state index in [4.69, 9.17) is 28.4 Å². The summed E-state index contributed by atoms with van der Waals surface area (Å²) < 4.78 is 34.6. The maximum absolute atomic E-state index is 12.8. The van der Waals surface area contributed by atoms with E-state index in [2.05, 4.69) is 67.0 Å². The predicted molar refractivity (Wildman–Crippen MR) is 357 cm³/mol. The number of benzene rings is 2. The number of carbonyl (C=O) groups is 4. The topological polar surface area (TPSA) is 130 Å². The van der Waals surface area contributed by atoms with Crippen LogP contribution in [0.1, 0.15) is 225 Å². The highest BCUT2D eigenvalue weighted by molar-refractivity contribution is 8.76. The molecule has 0 radical (unpaired) electrons. The standard InChI is InChI=1S/C72H114N2O10S2/c1-4-7-10-13-16-17-18-19-20-21-22-23-24-25-28-31-68(75)83-66-36-32-64(33-37-66)60-70(77)79-56-46-62-42-48-73(49-43-62)52-58-85-86-59-53-74-50-44-63(45-51-74)47-57-80-71(78)61-65-34-38-67(39-35-65)84-69(76)40-41-72(81-54-29-26-14-11-8-5-2)82-55-30-27-15-12-9-6-3/h8-9,11-12,19-20,32-39,62-63,72H,4-7,10,13-18,21-31,40-61H2,1-3H3/b11-8-,12-9-,20-19-. The molecule has 86 heavy (non-hydrogen) atoms. The molecule has 0 aliphatic carbocycles. The molecular formula is C72H114N2O10S2. The van der Waals surface area contributed by atoms with Crippen molar-refractivity contribution in [2.45, 2.75) is 233 Å². The minimum Gasteiger partial charge on any atom is -0.465 e. The Morgan fingerprint density at radius 1 is 0.465 bits per heavy atom. The van der Waals surface area contributed by atoms with Gasteiger partial charge in [0.1, 0.15) is 11.5 Å². The van der Waals surface area contributed by atoms with Crippen molar-refractivity contribution in [2.24, 2.45) is 11.8 Å². The number of piperidine rings is 2. The Morgan fingerprint density at radius 2 is 0.860 bits per heavy atom. The van der Waals surface area contributed by atoms with Crippen LogP contribution in [-0.2, 0) is 51.0 Å². The maximum Gasteiger partial charge on any atom is 0.311 e. The van der Waals surface area contributed by atoms with Crippen molar-refractivity contribution in [3.8, 4) is 11.5 Å². The van der Waals surface area contributed by atoms with E-state index in [9.17, 15) is 19.2 Å². The molecule has 2 heterocycles. The molecule has 12 nitrogen and oxygen atoms in total. The number of unbranched alkanes of at least 4 members (excludes halogenated alkanes) is 15. The summed E-state index contributed by atoms with van der Waals surface area (Å²) in [5, 5.41) is 0. The summed E-state index contributed by atoms with van der Waals surface area (Å²) in [5.41, 5.74) is 1.68. The third-order valence-corrected chi connectivity index (χ3v) is 18.6. The fourth-order valence-electron chi connectivity index (χ4n) is 10.8. The van der Waals surface area contributed by atoms with Gasteiger partial charge in [-0.2, -0.15) is 0 Å². The van der Waals surface area contributed by atoms with Gasteiger partial charge in [0, 0.05) is 50.7 Å². The van der Waals surface area contributed by atoms with Gasteiger partial charge < -0.3 is 38.2 Å². The average Bonchev–Trinajstić information content (AvgIpc) is 3.68. The highest BCUT2D eigenvalue weighted by Gasteiger charge is 2.22. The molecule has 484 valence electrons. The van der Waals surface area contributed by atoms with E-state index in [1.807, 2.05) is 45.9 Å². The number of carbonyl (C=O) groups excluding carboxylic acids is 4. The summed E-state index contributed by atoms with van der Waals surface area (Å²) in [5.74, 6) is 3.40. The molecule has 0 N–H and O–H groups in total. The lowest BCUT2D eigenvalue weighted by molar-refractivity contribution is -0.155. The van der Waals surface area contributed by atoms with Gasteiger partial charge in [-0.25, -0.2) is 0 Å². The van der Waals surface area contributed by atoms with E-state index in [1.54, 1.807) is 24.3 Å². The molecule has 0 amide bonds. The van der Waals surface area contributed by atoms with Crippen LogP contribution in [0.2, 0.25) is 0 Å². The van der Waals surface area contributed by atoms with Crippen LogP contribution < -0.4 is 9.47 Å². The molecule has 2 aromatic rings. The molecular weight excluding hydrogens is 1120 g/mol. The largest absolute Gasteiger partial charge is 0.465 e. The van der Waals surface area contributed by atoms with Gasteiger partial charge in [0.25, 0.3) is 0 Å². The van der Waals surface area contributed by atoms with Crippen LogP contribution in [-0.4, -0.2) is 117 Å². The molecule has 0 saturated carbocycles. The summed E-state index contributed by atoms with van der Waals surface area (Å²) in [6, 6.07) is 14.3. The molecule has 2 fully saturated rings. The van der Waals surface area contributed by atoms with Crippen molar-refractivity contribution in [2.75, 3.05) is 77.2 Å². The first-order valence-electron chi connectivity index (χ1n) is 34.0. The molecule has 0 spiro atoms. The van der Waals surface area contributed by atoms with Gasteiger partial charge in [-0.15, -0.1) is 0 Å². The predicted octanol–water partition coefficient (Wildman–Crippen LogP) is 17.4. The number of esters is 4. The lowest BCUT2D eigenvalue weighted by atomic mass is 9.94. The SMILES string of the molecule is CC/C=C\CCCCOC(CCC(=O)Oc1ccc(CC(=O)OCCC2CCN(CCSSCCN3CCC(CCOC(=O)Cc4ccc(OC(=O)CCCCCCC/C=C\CCCCCCCC)cc4)CC3)CC2)cc1)OCCCC/C=C\CC. The molecule has 2 aromatic carbocycles. The summed E-state index contributed by atoms with van der Waals surface area (Å²) in [4.78, 5) is 55.7. The number of allylic oxidation sites excluding steroid dienone is 6. The minimum atomic E-state index is -0.441. The van der Waals surface area contributed by atoms with E-state index in [0.29, 0.717) is 62.6 Å². The van der Waals surface area contributed by atoms with Crippen LogP contribution in [0.3, 0.4) is 0 Å². The zero-order valence-electron chi connectivity index (χ0n) is 53.7. The van der Waals surface area contributed by atoms with E-state index >= 15 is 0 Å². The van der Waals surface area contributed by atoms with Crippen molar-refractivity contribution in [1.82, 2.24) is 9.80 Å². The van der Waals surface area contributed by atoms with Crippen LogP contribution in [0.25, 0.3) is 0 Å². The van der Waals surface area contributed by atoms with E-state index in [0.717, 1.165) is 177 Å². The van der Waals surface area contributed by atoms with Gasteiger partial charge in [0.15, 0.2) is 6.29 Å². The Morgan fingerprint density at radius 3 is 1.30 bits per heavy atom. The Kier molecular flexibility index (Phi) is 44.1. The number of hydrogen-bond donors (Lipinski definition) is 0. The molecule has 0 unspecified atom stereocenters. The first-order chi connectivity index (χ1) is 42.2. The van der Waals surface area contributed by atoms with E-state index < -0.39 is 6.29 Å². The fraction of sp³-hybridized carbons (Fsp3) is 0.694. The Balaban J connectivity index is 0.928. The van der Waals surface area contributed by atoms with Crippen molar-refractivity contribution in [1.29, 1.82) is 0 Å². The van der Waals surface area contributed by atoms with Gasteiger partial charge in [-0.3, -0.25) is 19.2 Å². The van der Waals surface area contributed by atoms with Crippen LogP contribution in [0.4, 0.5) is 0 Å². The normalized spacial score (nSPS) is 14.7. The molecule has 2 aliphatic rings. The summed E-state index contributed by atoms with van der Waals surface area (Å²) in [7, 11) is 3.97. The zero-order valence-corrected chi connectivity index (χ0v) is 55.4. The lowest BCUT2D eigenvalue weighted by Crippen LogP contribution is -2.36. The second-order valence-corrected chi connectivity index (χ2v) is 26.3. The third-order valence-electron chi connectivity index (χ3n) is 16.2. The van der Waals surface area contributed by atoms with Crippen molar-refractivity contribution >= 4 is 45.5 Å². The number of likely N-dealkylation sites (tertiary alicyclic amines) is 2. The summed E-state index contributed by atoms with van der Waals surface area (Å²) >= 11 is 0. The van der Waals surface area contributed by atoms with Crippen LogP contribution >= 0.6 is 21.6 Å². The Bertz CT molecular complexity index is 2100. The van der Waals surface area contributed by atoms with Crippen molar-refractivity contribution in [3.63, 3.8) is 0 Å². The lowest BCUT2D eigenvalue weighted by Gasteiger charge is -2.32. The maximum atomic E-state index is 12.8. The number of nitrogens with zero attached hydrogens (tertiary/aromatic N) is 2. The number of ether oxygens (including phenoxy) is 6. The van der Waals surface area contributed by atoms with Gasteiger partial charge >= 0.3 is 23.9 Å². The summed E-state index contributed by atoms with van der Waals surface area (Å²) in [6.07, 6.45) is 45.0. The smallest absolute Gasteiger partial charge is 0.311 e. The molecule has 0 aromatic heterocycles. The molecule has 0 bridgehead atoms. The van der Waals surface area contributed by atoms with Crippen molar-refractivity contribution in [3.05, 3.63) is 96.1 Å². The minimum absolute atomic E-state index is 0.183. The van der Waals surface area contributed by atoms with Gasteiger partial charge in [0.2, 0.25) is 0 Å². The zero-order chi connectivity index (χ0) is 61.2. The molecule has 0 atom stereocenters. The second-order valence-electron chi connectivity index (χ2n) is 23.6. The monoisotopic (exact) mass is 1230 g/mol. The van der Waals surface area contributed by atoms with Crippen molar-refractivity contribution < 1.29 is 47.6 Å². The fourth-order valence-corrected chi connectivity index (χ4v) is 12.9. The van der Waals surface area contributed by atoms with Gasteiger partial charge in [-0.1, -0.05) is 154 Å². The van der Waals surface area contributed by atoms with Gasteiger partial charge in [0.05, 0.1) is 32.5 Å². The molecule has 2 saturated heterocycles. The average molecular weight is 1230 g/mol. The first-order valence-corrected chi connectivity index (χ1v) is 36.5. The number of rotatable bonds is 51. The van der Waals surface area contributed by atoms with Crippen LogP contribution in [0, 0.1) is 11.8 Å². The second kappa shape index (κ2) is 50.9. The molecule has 4 rings (SSSR count). The summed E-state index contributed by atoms with van der Waals surface area (Å²) in [6.45, 7) is 15.3. The first kappa shape index (κ1) is 74.5. The van der Waals surface area contributed by atoms with E-state index in [-0.39, 0.29) is 43.1 Å². The third kappa shape index (κ3) is 39.2. The quantitative estimate of drug-likeness (QED) is 0.0155. The highest BCUT2D eigenvalue weighted by Crippen LogP contribution is 2.27. The Labute approximate surface area is 529 Å².